The molecular weight excluding hydrogens is 226 g/mol. The van der Waals surface area contributed by atoms with Crippen molar-refractivity contribution in [2.45, 2.75) is 44.4 Å². The van der Waals surface area contributed by atoms with E-state index < -0.39 is 0 Å². The Kier molecular flexibility index (Phi) is 5.40. The summed E-state index contributed by atoms with van der Waals surface area (Å²) in [5.74, 6) is 2.46. The van der Waals surface area contributed by atoms with Gasteiger partial charge in [0.25, 0.3) is 0 Å². The summed E-state index contributed by atoms with van der Waals surface area (Å²) in [6.45, 7) is 3.38. The van der Waals surface area contributed by atoms with Crippen molar-refractivity contribution in [1.29, 1.82) is 0 Å². The number of aryl methyl sites for hydroxylation is 1. The predicted molar refractivity (Wildman–Crippen MR) is 77.6 cm³/mol. The van der Waals surface area contributed by atoms with Gasteiger partial charge in [-0.2, -0.15) is 11.8 Å². The van der Waals surface area contributed by atoms with Gasteiger partial charge in [-0.15, -0.1) is 0 Å². The van der Waals surface area contributed by atoms with Crippen molar-refractivity contribution >= 4 is 11.8 Å². The molecule has 0 saturated heterocycles. The highest BCUT2D eigenvalue weighted by atomic mass is 32.2. The number of rotatable bonds is 8. The Hall–Kier alpha value is -0.470. The van der Waals surface area contributed by atoms with Crippen LogP contribution in [-0.4, -0.2) is 18.3 Å². The Balaban J connectivity index is 1.47. The molecule has 1 N–H and O–H groups in total. The molecule has 0 atom stereocenters. The third-order valence-electron chi connectivity index (χ3n) is 3.08. The quantitative estimate of drug-likeness (QED) is 0.704. The normalized spacial score (nSPS) is 15.1. The van der Waals surface area contributed by atoms with Crippen molar-refractivity contribution in [2.75, 3.05) is 12.3 Å². The van der Waals surface area contributed by atoms with Gasteiger partial charge in [-0.05, 0) is 50.5 Å². The van der Waals surface area contributed by atoms with Crippen molar-refractivity contribution in [2.24, 2.45) is 0 Å². The Morgan fingerprint density at radius 2 is 2.18 bits per heavy atom. The lowest BCUT2D eigenvalue weighted by molar-refractivity contribution is 0.640. The molecule has 0 radical (unpaired) electrons. The van der Waals surface area contributed by atoms with Crippen molar-refractivity contribution < 1.29 is 0 Å². The number of hydrogen-bond donors (Lipinski definition) is 1. The van der Waals surface area contributed by atoms with Gasteiger partial charge in [0.1, 0.15) is 0 Å². The van der Waals surface area contributed by atoms with E-state index in [0.717, 1.165) is 11.8 Å². The summed E-state index contributed by atoms with van der Waals surface area (Å²) in [5.41, 5.74) is 2.84. The monoisotopic (exact) mass is 249 g/mol. The van der Waals surface area contributed by atoms with Crippen LogP contribution in [0.15, 0.2) is 24.3 Å². The van der Waals surface area contributed by atoms with Crippen molar-refractivity contribution in [1.82, 2.24) is 5.32 Å². The molecule has 0 aliphatic heterocycles. The maximum absolute atomic E-state index is 3.56. The molecule has 0 unspecified atom stereocenters. The first-order valence-electron chi connectivity index (χ1n) is 6.71. The van der Waals surface area contributed by atoms with E-state index in [1.807, 2.05) is 0 Å². The van der Waals surface area contributed by atoms with Gasteiger partial charge in [-0.25, -0.2) is 0 Å². The number of nitrogens with one attached hydrogen (secondary N) is 1. The third kappa shape index (κ3) is 5.60. The summed E-state index contributed by atoms with van der Waals surface area (Å²) in [6.07, 6.45) is 5.48. The van der Waals surface area contributed by atoms with Crippen LogP contribution in [0, 0.1) is 6.92 Å². The van der Waals surface area contributed by atoms with Gasteiger partial charge in [0.2, 0.25) is 0 Å². The van der Waals surface area contributed by atoms with Gasteiger partial charge in [0, 0.05) is 11.8 Å². The van der Waals surface area contributed by atoms with Gasteiger partial charge in [-0.1, -0.05) is 29.8 Å². The maximum atomic E-state index is 3.56. The average Bonchev–Trinajstić information content (AvgIpc) is 3.12. The van der Waals surface area contributed by atoms with Crippen LogP contribution in [0.3, 0.4) is 0 Å². The molecular formula is C15H23NS. The largest absolute Gasteiger partial charge is 0.314 e. The smallest absolute Gasteiger partial charge is 0.0184 e. The Morgan fingerprint density at radius 3 is 2.94 bits per heavy atom. The Morgan fingerprint density at radius 1 is 1.29 bits per heavy atom. The van der Waals surface area contributed by atoms with Crippen LogP contribution in [0.2, 0.25) is 0 Å². The summed E-state index contributed by atoms with van der Waals surface area (Å²) < 4.78 is 0. The van der Waals surface area contributed by atoms with Gasteiger partial charge in [0.15, 0.2) is 0 Å². The van der Waals surface area contributed by atoms with Gasteiger partial charge in [-0.3, -0.25) is 0 Å². The Labute approximate surface area is 109 Å². The van der Waals surface area contributed by atoms with Crippen molar-refractivity contribution in [3.63, 3.8) is 0 Å². The van der Waals surface area contributed by atoms with E-state index in [9.17, 15) is 0 Å². The van der Waals surface area contributed by atoms with E-state index in [1.165, 1.54) is 49.1 Å². The second kappa shape index (κ2) is 7.07. The molecule has 1 aliphatic carbocycles. The van der Waals surface area contributed by atoms with E-state index in [1.54, 1.807) is 0 Å². The summed E-state index contributed by atoms with van der Waals surface area (Å²) in [4.78, 5) is 0. The zero-order chi connectivity index (χ0) is 11.9. The minimum atomic E-state index is 0.870. The minimum Gasteiger partial charge on any atom is -0.314 e. The van der Waals surface area contributed by atoms with Gasteiger partial charge >= 0.3 is 0 Å². The number of benzene rings is 1. The van der Waals surface area contributed by atoms with Crippen LogP contribution in [0.5, 0.6) is 0 Å². The number of unbranched alkanes of at least 4 members (excludes halogenated alkanes) is 1. The molecule has 1 fully saturated rings. The van der Waals surface area contributed by atoms with E-state index in [2.05, 4.69) is 48.3 Å². The molecule has 1 aliphatic rings. The topological polar surface area (TPSA) is 12.0 Å². The van der Waals surface area contributed by atoms with Crippen molar-refractivity contribution in [3.8, 4) is 0 Å². The highest BCUT2D eigenvalue weighted by molar-refractivity contribution is 7.98. The van der Waals surface area contributed by atoms with Gasteiger partial charge in [0.05, 0.1) is 0 Å². The van der Waals surface area contributed by atoms with E-state index in [-0.39, 0.29) is 0 Å². The molecule has 17 heavy (non-hydrogen) atoms. The zero-order valence-electron chi connectivity index (χ0n) is 10.7. The van der Waals surface area contributed by atoms with Crippen LogP contribution < -0.4 is 5.32 Å². The van der Waals surface area contributed by atoms with Crippen LogP contribution >= 0.6 is 11.8 Å². The lowest BCUT2D eigenvalue weighted by Crippen LogP contribution is -2.17. The van der Waals surface area contributed by atoms with Crippen LogP contribution in [0.25, 0.3) is 0 Å². The lowest BCUT2D eigenvalue weighted by Gasteiger charge is -2.04. The molecule has 1 saturated carbocycles. The first-order chi connectivity index (χ1) is 8.34. The standard InChI is InChI=1S/C15H23NS/c1-13-5-4-6-14(11-13)12-17-10-3-2-9-16-15-7-8-15/h4-6,11,15-16H,2-3,7-10,12H2,1H3. The third-order valence-corrected chi connectivity index (χ3v) is 4.19. The molecule has 0 heterocycles. The first-order valence-corrected chi connectivity index (χ1v) is 7.87. The highest BCUT2D eigenvalue weighted by Crippen LogP contribution is 2.19. The highest BCUT2D eigenvalue weighted by Gasteiger charge is 2.19. The van der Waals surface area contributed by atoms with E-state index in [4.69, 9.17) is 0 Å². The molecule has 0 bridgehead atoms. The molecule has 0 amide bonds. The minimum absolute atomic E-state index is 0.870. The van der Waals surface area contributed by atoms with Crippen LogP contribution in [0.4, 0.5) is 0 Å². The summed E-state index contributed by atoms with van der Waals surface area (Å²) in [5, 5.41) is 3.56. The molecule has 2 heteroatoms. The lowest BCUT2D eigenvalue weighted by atomic mass is 10.2. The summed E-state index contributed by atoms with van der Waals surface area (Å²) in [6, 6.07) is 9.72. The zero-order valence-corrected chi connectivity index (χ0v) is 11.6. The second-order valence-electron chi connectivity index (χ2n) is 4.98. The maximum Gasteiger partial charge on any atom is 0.0184 e. The van der Waals surface area contributed by atoms with Crippen LogP contribution in [0.1, 0.15) is 36.8 Å². The van der Waals surface area contributed by atoms with E-state index in [0.29, 0.717) is 0 Å². The number of hydrogen-bond acceptors (Lipinski definition) is 2. The predicted octanol–water partition coefficient (Wildman–Crippen LogP) is 3.76. The fourth-order valence-electron chi connectivity index (χ4n) is 1.91. The number of thioether (sulfide) groups is 1. The molecule has 1 aromatic rings. The fraction of sp³-hybridized carbons (Fsp3) is 0.600. The molecule has 2 rings (SSSR count). The SMILES string of the molecule is Cc1cccc(CSCCCCNC2CC2)c1. The second-order valence-corrected chi connectivity index (χ2v) is 6.08. The summed E-state index contributed by atoms with van der Waals surface area (Å²) in [7, 11) is 0. The van der Waals surface area contributed by atoms with Gasteiger partial charge < -0.3 is 5.32 Å². The van der Waals surface area contributed by atoms with E-state index >= 15 is 0 Å². The average molecular weight is 249 g/mol. The molecule has 0 spiro atoms. The van der Waals surface area contributed by atoms with Crippen LogP contribution in [-0.2, 0) is 5.75 Å². The molecule has 94 valence electrons. The summed E-state index contributed by atoms with van der Waals surface area (Å²) >= 11 is 2.06. The van der Waals surface area contributed by atoms with Crippen molar-refractivity contribution in [3.05, 3.63) is 35.4 Å². The molecule has 1 aromatic carbocycles. The fourth-order valence-corrected chi connectivity index (χ4v) is 2.88. The Bertz CT molecular complexity index is 333. The first kappa shape index (κ1) is 13.0. The molecule has 0 aromatic heterocycles. The molecule has 1 nitrogen and oxygen atoms in total.